The van der Waals surface area contributed by atoms with Gasteiger partial charge in [0.05, 0.1) is 0 Å². The van der Waals surface area contributed by atoms with Gasteiger partial charge in [0.1, 0.15) is 0 Å². The van der Waals surface area contributed by atoms with Gasteiger partial charge in [-0.15, -0.1) is 0 Å². The summed E-state index contributed by atoms with van der Waals surface area (Å²) in [5.74, 6) is 0.172. The SMILES string of the molecule is CCCC1(CCC)c2cc(Br)ccc2-c2cccc(C(C)=O)c21. The van der Waals surface area contributed by atoms with Crippen molar-refractivity contribution in [2.24, 2.45) is 0 Å². The molecule has 0 heterocycles. The van der Waals surface area contributed by atoms with Gasteiger partial charge in [-0.25, -0.2) is 0 Å². The van der Waals surface area contributed by atoms with Gasteiger partial charge in [-0.2, -0.15) is 0 Å². The predicted molar refractivity (Wildman–Crippen MR) is 100 cm³/mol. The molecular weight excluding hydrogens is 348 g/mol. The highest BCUT2D eigenvalue weighted by atomic mass is 79.9. The van der Waals surface area contributed by atoms with E-state index in [1.54, 1.807) is 6.92 Å². The van der Waals surface area contributed by atoms with Crippen LogP contribution in [0.25, 0.3) is 11.1 Å². The third-order valence-electron chi connectivity index (χ3n) is 5.06. The number of benzene rings is 2. The zero-order valence-corrected chi connectivity index (χ0v) is 15.7. The fourth-order valence-corrected chi connectivity index (χ4v) is 4.73. The molecule has 0 bridgehead atoms. The second-order valence-corrected chi connectivity index (χ2v) is 7.47. The number of hydrogen-bond donors (Lipinski definition) is 0. The van der Waals surface area contributed by atoms with Crippen molar-refractivity contribution in [1.82, 2.24) is 0 Å². The van der Waals surface area contributed by atoms with Crippen LogP contribution in [0.1, 0.15) is 67.9 Å². The summed E-state index contributed by atoms with van der Waals surface area (Å²) in [4.78, 5) is 12.3. The quantitative estimate of drug-likeness (QED) is 0.547. The summed E-state index contributed by atoms with van der Waals surface area (Å²) in [5, 5.41) is 0. The van der Waals surface area contributed by atoms with Crippen molar-refractivity contribution >= 4 is 21.7 Å². The molecule has 0 aliphatic heterocycles. The monoisotopic (exact) mass is 370 g/mol. The minimum absolute atomic E-state index is 0.0276. The van der Waals surface area contributed by atoms with E-state index in [0.717, 1.165) is 35.7 Å². The largest absolute Gasteiger partial charge is 0.295 e. The number of rotatable bonds is 5. The zero-order valence-electron chi connectivity index (χ0n) is 14.1. The van der Waals surface area contributed by atoms with Gasteiger partial charge in [0.2, 0.25) is 0 Å². The Morgan fingerprint density at radius 1 is 1.04 bits per heavy atom. The van der Waals surface area contributed by atoms with Crippen LogP contribution in [0.2, 0.25) is 0 Å². The van der Waals surface area contributed by atoms with E-state index in [1.807, 2.05) is 12.1 Å². The maximum absolute atomic E-state index is 12.3. The molecule has 120 valence electrons. The first kappa shape index (κ1) is 16.4. The number of ketones is 1. The third-order valence-corrected chi connectivity index (χ3v) is 5.56. The first-order valence-corrected chi connectivity index (χ1v) is 9.29. The Balaban J connectivity index is 2.40. The van der Waals surface area contributed by atoms with Crippen LogP contribution in [0.15, 0.2) is 40.9 Å². The highest BCUT2D eigenvalue weighted by molar-refractivity contribution is 9.10. The lowest BCUT2D eigenvalue weighted by Gasteiger charge is -2.33. The second-order valence-electron chi connectivity index (χ2n) is 6.56. The molecule has 0 saturated carbocycles. The van der Waals surface area contributed by atoms with E-state index in [2.05, 4.69) is 54.0 Å². The van der Waals surface area contributed by atoms with E-state index in [4.69, 9.17) is 0 Å². The summed E-state index contributed by atoms with van der Waals surface area (Å²) in [5.41, 5.74) is 6.08. The topological polar surface area (TPSA) is 17.1 Å². The summed E-state index contributed by atoms with van der Waals surface area (Å²) in [6.07, 6.45) is 4.39. The molecule has 0 radical (unpaired) electrons. The fourth-order valence-electron chi connectivity index (χ4n) is 4.37. The summed E-state index contributed by atoms with van der Waals surface area (Å²) >= 11 is 3.64. The van der Waals surface area contributed by atoms with Gasteiger partial charge < -0.3 is 0 Å². The van der Waals surface area contributed by atoms with Crippen molar-refractivity contribution in [1.29, 1.82) is 0 Å². The number of Topliss-reactive ketones (excluding diaryl/α,β-unsaturated/α-hetero) is 1. The first-order valence-electron chi connectivity index (χ1n) is 8.50. The minimum Gasteiger partial charge on any atom is -0.295 e. The molecule has 0 saturated heterocycles. The molecule has 2 aromatic rings. The Morgan fingerprint density at radius 2 is 1.74 bits per heavy atom. The molecule has 1 aliphatic rings. The van der Waals surface area contributed by atoms with Crippen LogP contribution in [-0.2, 0) is 5.41 Å². The molecule has 0 fully saturated rings. The van der Waals surface area contributed by atoms with Crippen molar-refractivity contribution in [3.63, 3.8) is 0 Å². The molecule has 0 amide bonds. The molecule has 1 aliphatic carbocycles. The van der Waals surface area contributed by atoms with Crippen molar-refractivity contribution in [2.45, 2.75) is 51.9 Å². The summed E-state index contributed by atoms with van der Waals surface area (Å²) in [6.45, 7) is 6.17. The Bertz CT molecular complexity index is 754. The lowest BCUT2D eigenvalue weighted by atomic mass is 9.70. The molecule has 3 rings (SSSR count). The number of fused-ring (bicyclic) bond motifs is 3. The highest BCUT2D eigenvalue weighted by Crippen LogP contribution is 2.55. The summed E-state index contributed by atoms with van der Waals surface area (Å²) < 4.78 is 1.12. The van der Waals surface area contributed by atoms with Crippen molar-refractivity contribution in [3.05, 3.63) is 57.6 Å². The molecule has 0 N–H and O–H groups in total. The average Bonchev–Trinajstić information content (AvgIpc) is 2.78. The summed E-state index contributed by atoms with van der Waals surface area (Å²) in [7, 11) is 0. The van der Waals surface area contributed by atoms with Crippen LogP contribution in [0.5, 0.6) is 0 Å². The van der Waals surface area contributed by atoms with E-state index < -0.39 is 0 Å². The van der Waals surface area contributed by atoms with Gasteiger partial charge in [0.15, 0.2) is 5.78 Å². The van der Waals surface area contributed by atoms with Gasteiger partial charge >= 0.3 is 0 Å². The number of hydrogen-bond acceptors (Lipinski definition) is 1. The Labute approximate surface area is 147 Å². The number of carbonyl (C=O) groups is 1. The van der Waals surface area contributed by atoms with Gasteiger partial charge in [-0.05, 0) is 54.2 Å². The Kier molecular flexibility index (Phi) is 4.46. The standard InChI is InChI=1S/C21H23BrO/c1-4-11-21(12-5-2)19-13-15(22)9-10-17(19)18-8-6-7-16(14(3)23)20(18)21/h6-10,13H,4-5,11-12H2,1-3H3. The van der Waals surface area contributed by atoms with Crippen LogP contribution in [0, 0.1) is 0 Å². The van der Waals surface area contributed by atoms with Crippen LogP contribution < -0.4 is 0 Å². The smallest absolute Gasteiger partial charge is 0.160 e. The molecule has 1 nitrogen and oxygen atoms in total. The molecular formula is C21H23BrO. The second kappa shape index (κ2) is 6.24. The minimum atomic E-state index is -0.0276. The third kappa shape index (κ3) is 2.48. The van der Waals surface area contributed by atoms with Crippen LogP contribution in [0.4, 0.5) is 0 Å². The fraction of sp³-hybridized carbons (Fsp3) is 0.381. The van der Waals surface area contributed by atoms with E-state index in [9.17, 15) is 4.79 Å². The Morgan fingerprint density at radius 3 is 2.35 bits per heavy atom. The molecule has 0 atom stereocenters. The van der Waals surface area contributed by atoms with E-state index >= 15 is 0 Å². The lowest BCUT2D eigenvalue weighted by Crippen LogP contribution is -2.27. The zero-order chi connectivity index (χ0) is 16.6. The Hall–Kier alpha value is -1.41. The van der Waals surface area contributed by atoms with Gasteiger partial charge in [0.25, 0.3) is 0 Å². The molecule has 2 heteroatoms. The lowest BCUT2D eigenvalue weighted by molar-refractivity contribution is 0.101. The molecule has 23 heavy (non-hydrogen) atoms. The van der Waals surface area contributed by atoms with Crippen LogP contribution in [0.3, 0.4) is 0 Å². The van der Waals surface area contributed by atoms with Gasteiger partial charge in [0, 0.05) is 15.5 Å². The molecule has 2 aromatic carbocycles. The number of halogens is 1. The predicted octanol–water partition coefficient (Wildman–Crippen LogP) is 6.52. The maximum atomic E-state index is 12.3. The van der Waals surface area contributed by atoms with E-state index in [0.29, 0.717) is 0 Å². The molecule has 0 aromatic heterocycles. The van der Waals surface area contributed by atoms with Gasteiger partial charge in [-0.3, -0.25) is 4.79 Å². The first-order chi connectivity index (χ1) is 11.0. The van der Waals surface area contributed by atoms with Gasteiger partial charge in [-0.1, -0.05) is 66.9 Å². The van der Waals surface area contributed by atoms with Crippen molar-refractivity contribution in [2.75, 3.05) is 0 Å². The summed E-state index contributed by atoms with van der Waals surface area (Å²) in [6, 6.07) is 12.8. The molecule has 0 unspecified atom stereocenters. The highest BCUT2D eigenvalue weighted by Gasteiger charge is 2.43. The molecule has 0 spiro atoms. The van der Waals surface area contributed by atoms with Crippen LogP contribution >= 0.6 is 15.9 Å². The maximum Gasteiger partial charge on any atom is 0.160 e. The van der Waals surface area contributed by atoms with Crippen molar-refractivity contribution < 1.29 is 4.79 Å². The van der Waals surface area contributed by atoms with Crippen molar-refractivity contribution in [3.8, 4) is 11.1 Å². The van der Waals surface area contributed by atoms with Crippen LogP contribution in [-0.4, -0.2) is 5.78 Å². The average molecular weight is 371 g/mol. The van der Waals surface area contributed by atoms with E-state index in [1.165, 1.54) is 22.3 Å². The normalized spacial score (nSPS) is 14.4. The number of carbonyl (C=O) groups excluding carboxylic acids is 1. The van der Waals surface area contributed by atoms with E-state index in [-0.39, 0.29) is 11.2 Å².